The fraction of sp³-hybridized carbons (Fsp3) is 0.667. The molecule has 0 fully saturated rings. The van der Waals surface area contributed by atoms with E-state index < -0.39 is 25.4 Å². The van der Waals surface area contributed by atoms with Crippen LogP contribution in [-0.2, 0) is 0 Å². The van der Waals surface area contributed by atoms with Gasteiger partial charge in [0.15, 0.2) is 0 Å². The van der Waals surface area contributed by atoms with E-state index in [1.165, 1.54) is 0 Å². The molecule has 0 saturated carbocycles. The quantitative estimate of drug-likeness (QED) is 0.483. The van der Waals surface area contributed by atoms with Crippen LogP contribution in [0, 0.1) is 0 Å². The Labute approximate surface area is 68.8 Å². The zero-order valence-electron chi connectivity index (χ0n) is 5.80. The van der Waals surface area contributed by atoms with Crippen molar-refractivity contribution in [3.63, 3.8) is 0 Å². The van der Waals surface area contributed by atoms with Gasteiger partial charge in [-0.3, -0.25) is 0 Å². The Bertz CT molecular complexity index is 125. The third-order valence-corrected chi connectivity index (χ3v) is 3.57. The molecule has 0 aromatic carbocycles. The van der Waals surface area contributed by atoms with E-state index in [1.807, 2.05) is 0 Å². The van der Waals surface area contributed by atoms with Crippen LogP contribution in [0.15, 0.2) is 9.66 Å². The molecule has 4 heteroatoms. The van der Waals surface area contributed by atoms with Gasteiger partial charge < -0.3 is 0 Å². The van der Waals surface area contributed by atoms with Crippen molar-refractivity contribution < 1.29 is 34.4 Å². The molecule has 0 bridgehead atoms. The molecule has 0 aromatic heterocycles. The Morgan fingerprint density at radius 1 is 1.50 bits per heavy atom. The summed E-state index contributed by atoms with van der Waals surface area (Å²) in [5.41, 5.74) is 0. The molecular weight excluding hydrogens is 256 g/mol. The van der Waals surface area contributed by atoms with Crippen LogP contribution in [-0.4, -0.2) is 4.18 Å². The van der Waals surface area contributed by atoms with E-state index in [9.17, 15) is 13.2 Å². The fourth-order valence-corrected chi connectivity index (χ4v) is 1.94. The molecule has 0 amide bonds. The van der Waals surface area contributed by atoms with Crippen LogP contribution in [0.2, 0.25) is 0 Å². The monoisotopic (exact) mass is 265 g/mol. The van der Waals surface area contributed by atoms with Gasteiger partial charge in [-0.25, -0.2) is 0 Å². The second-order valence-corrected chi connectivity index (χ2v) is 4.76. The van der Waals surface area contributed by atoms with Crippen molar-refractivity contribution in [2.45, 2.75) is 24.5 Å². The summed E-state index contributed by atoms with van der Waals surface area (Å²) in [5, 5.41) is 0. The number of alkyl halides is 4. The van der Waals surface area contributed by atoms with Crippen molar-refractivity contribution in [2.24, 2.45) is 0 Å². The molecule has 0 N–H and O–H groups in total. The average Bonchev–Trinajstić information content (AvgIpc) is 1.81. The molecule has 0 aromatic rings. The maximum atomic E-state index is 11.7. The van der Waals surface area contributed by atoms with Crippen LogP contribution in [0.3, 0.4) is 0 Å². The first kappa shape index (κ1) is 10.3. The fourth-order valence-electron chi connectivity index (χ4n) is 0.463. The van der Waals surface area contributed by atoms with Crippen LogP contribution in [0.5, 0.6) is 0 Å². The van der Waals surface area contributed by atoms with Gasteiger partial charge >= 0.3 is 68.5 Å². The molecule has 0 spiro atoms. The van der Waals surface area contributed by atoms with E-state index >= 15 is 0 Å². The zero-order chi connectivity index (χ0) is 8.20. The molecule has 0 saturated heterocycles. The van der Waals surface area contributed by atoms with Gasteiger partial charge in [-0.05, 0) is 0 Å². The first-order chi connectivity index (χ1) is 4.49. The van der Waals surface area contributed by atoms with Crippen LogP contribution in [0.4, 0.5) is 13.2 Å². The zero-order valence-corrected chi connectivity index (χ0v) is 7.95. The predicted octanol–water partition coefficient (Wildman–Crippen LogP) is -0.0910. The van der Waals surface area contributed by atoms with Gasteiger partial charge in [0, 0.05) is 0 Å². The molecule has 62 valence electrons. The van der Waals surface area contributed by atoms with Crippen LogP contribution in [0.25, 0.3) is 0 Å². The van der Waals surface area contributed by atoms with Crippen molar-refractivity contribution in [1.82, 2.24) is 0 Å². The summed E-state index contributed by atoms with van der Waals surface area (Å²) in [6, 6.07) is 0. The van der Waals surface area contributed by atoms with E-state index in [4.69, 9.17) is 0 Å². The summed E-state index contributed by atoms with van der Waals surface area (Å²) in [7, 11) is 0. The van der Waals surface area contributed by atoms with E-state index in [1.54, 1.807) is 19.9 Å². The summed E-state index contributed by atoms with van der Waals surface area (Å²) in [6.45, 7) is 3.41. The van der Waals surface area contributed by atoms with Crippen LogP contribution < -0.4 is 21.2 Å². The van der Waals surface area contributed by atoms with E-state index in [0.717, 1.165) is 0 Å². The maximum absolute atomic E-state index is 11.7. The molecule has 0 heterocycles. The molecule has 10 heavy (non-hydrogen) atoms. The van der Waals surface area contributed by atoms with Gasteiger partial charge in [0.1, 0.15) is 0 Å². The Hall–Kier alpha value is 0.260. The Morgan fingerprint density at radius 3 is 2.10 bits per heavy atom. The summed E-state index contributed by atoms with van der Waals surface area (Å²) in [5.74, 6) is 0. The molecule has 0 aliphatic carbocycles. The van der Waals surface area contributed by atoms with Crippen LogP contribution in [0.1, 0.15) is 20.3 Å². The summed E-state index contributed by atoms with van der Waals surface area (Å²) in [6.07, 6.45) is 2.10. The minimum atomic E-state index is -3.93. The van der Waals surface area contributed by atoms with Gasteiger partial charge in [0.2, 0.25) is 0 Å². The molecule has 0 unspecified atom stereocenters. The molecule has 0 nitrogen and oxygen atoms in total. The number of hydrogen-bond acceptors (Lipinski definition) is 0. The third kappa shape index (κ3) is 5.08. The van der Waals surface area contributed by atoms with Gasteiger partial charge in [-0.1, -0.05) is 0 Å². The standard InChI is InChI=1S/C6H9F3I/c1-3-5(4-2)10-6(7,8)9/h3H,4H2,1-2H3/q-1/b5-3+. The number of halogens is 4. The second-order valence-electron chi connectivity index (χ2n) is 1.61. The van der Waals surface area contributed by atoms with Crippen molar-refractivity contribution in [3.8, 4) is 0 Å². The number of allylic oxidation sites excluding steroid dienone is 2. The summed E-state index contributed by atoms with van der Waals surface area (Å²) >= 11 is -1.72. The number of rotatable bonds is 2. The molecule has 0 rings (SSSR count). The van der Waals surface area contributed by atoms with Crippen molar-refractivity contribution in [2.75, 3.05) is 0 Å². The van der Waals surface area contributed by atoms with Crippen LogP contribution >= 0.6 is 0 Å². The van der Waals surface area contributed by atoms with Crippen molar-refractivity contribution >= 4 is 0 Å². The topological polar surface area (TPSA) is 0 Å². The average molecular weight is 265 g/mol. The van der Waals surface area contributed by atoms with Gasteiger partial charge in [-0.15, -0.1) is 0 Å². The van der Waals surface area contributed by atoms with E-state index in [2.05, 4.69) is 0 Å². The molecule has 0 aliphatic rings. The summed E-state index contributed by atoms with van der Waals surface area (Å²) in [4.78, 5) is 0. The summed E-state index contributed by atoms with van der Waals surface area (Å²) < 4.78 is 31.7. The molecule has 0 aliphatic heterocycles. The second kappa shape index (κ2) is 4.20. The van der Waals surface area contributed by atoms with Crippen molar-refractivity contribution in [1.29, 1.82) is 0 Å². The van der Waals surface area contributed by atoms with E-state index in [-0.39, 0.29) is 0 Å². The first-order valence-corrected chi connectivity index (χ1v) is 5.03. The molecule has 0 radical (unpaired) electrons. The molecular formula is C6H9F3I-. The Morgan fingerprint density at radius 2 is 2.00 bits per heavy atom. The normalized spacial score (nSPS) is 14.3. The van der Waals surface area contributed by atoms with Gasteiger partial charge in [0.05, 0.1) is 0 Å². The number of hydrogen-bond donors (Lipinski definition) is 0. The third-order valence-electron chi connectivity index (χ3n) is 0.880. The first-order valence-electron chi connectivity index (χ1n) is 2.87. The minimum absolute atomic E-state index is 0.531. The van der Waals surface area contributed by atoms with E-state index in [0.29, 0.717) is 10.0 Å². The Balaban J connectivity index is 3.88. The molecule has 0 atom stereocenters. The van der Waals surface area contributed by atoms with Gasteiger partial charge in [-0.2, -0.15) is 0 Å². The van der Waals surface area contributed by atoms with Gasteiger partial charge in [0.25, 0.3) is 0 Å². The van der Waals surface area contributed by atoms with Crippen molar-refractivity contribution in [3.05, 3.63) is 9.66 Å². The SMILES string of the molecule is C/C=C(\CC)[I-]C(F)(F)F. The Kier molecular flexibility index (Phi) is 4.31. The predicted molar refractivity (Wildman–Crippen MR) is 30.1 cm³/mol.